The molecule has 1 aromatic rings. The van der Waals surface area contributed by atoms with Crippen molar-refractivity contribution in [1.82, 2.24) is 4.90 Å². The van der Waals surface area contributed by atoms with Crippen molar-refractivity contribution in [2.45, 2.75) is 12.6 Å². The maximum atomic E-state index is 11.4. The summed E-state index contributed by atoms with van der Waals surface area (Å²) in [5, 5.41) is 0. The van der Waals surface area contributed by atoms with E-state index in [1.165, 1.54) is 12.7 Å². The molecule has 0 N–H and O–H groups in total. The average Bonchev–Trinajstić information content (AvgIpc) is 2.41. The third-order valence-electron chi connectivity index (χ3n) is 2.97. The third kappa shape index (κ3) is 3.31. The molecule has 0 amide bonds. The van der Waals surface area contributed by atoms with Crippen LogP contribution >= 0.6 is 15.9 Å². The molecule has 1 atom stereocenters. The lowest BCUT2D eigenvalue weighted by Gasteiger charge is -2.31. The Kier molecular flexibility index (Phi) is 4.74. The first-order chi connectivity index (χ1) is 8.70. The van der Waals surface area contributed by atoms with E-state index in [4.69, 9.17) is 9.47 Å². The standard InChI is InChI=1S/C13H16BrNO3/c1-17-13(16)12-9-15(6-7-18-12)8-10-4-2-3-5-11(10)14/h2-5,12H,6-9H2,1H3. The summed E-state index contributed by atoms with van der Waals surface area (Å²) < 4.78 is 11.2. The maximum Gasteiger partial charge on any atom is 0.336 e. The number of ether oxygens (including phenoxy) is 2. The van der Waals surface area contributed by atoms with Gasteiger partial charge in [0.2, 0.25) is 0 Å². The zero-order valence-corrected chi connectivity index (χ0v) is 11.9. The highest BCUT2D eigenvalue weighted by atomic mass is 79.9. The van der Waals surface area contributed by atoms with Crippen LogP contribution in [0.15, 0.2) is 28.7 Å². The first-order valence-electron chi connectivity index (χ1n) is 5.86. The van der Waals surface area contributed by atoms with E-state index in [-0.39, 0.29) is 5.97 Å². The minimum Gasteiger partial charge on any atom is -0.467 e. The molecule has 1 unspecified atom stereocenters. The Balaban J connectivity index is 1.98. The summed E-state index contributed by atoms with van der Waals surface area (Å²) in [4.78, 5) is 13.6. The summed E-state index contributed by atoms with van der Waals surface area (Å²) in [6, 6.07) is 8.10. The highest BCUT2D eigenvalue weighted by Gasteiger charge is 2.27. The fourth-order valence-corrected chi connectivity index (χ4v) is 2.40. The summed E-state index contributed by atoms with van der Waals surface area (Å²) in [6.45, 7) is 2.77. The van der Waals surface area contributed by atoms with E-state index in [1.807, 2.05) is 18.2 Å². The molecule has 0 saturated carbocycles. The van der Waals surface area contributed by atoms with Crippen molar-refractivity contribution in [1.29, 1.82) is 0 Å². The van der Waals surface area contributed by atoms with Gasteiger partial charge in [0, 0.05) is 24.1 Å². The fraction of sp³-hybridized carbons (Fsp3) is 0.462. The molecule has 18 heavy (non-hydrogen) atoms. The van der Waals surface area contributed by atoms with Gasteiger partial charge in [0.05, 0.1) is 13.7 Å². The molecule has 0 bridgehead atoms. The van der Waals surface area contributed by atoms with Crippen molar-refractivity contribution in [2.75, 3.05) is 26.8 Å². The number of benzene rings is 1. The van der Waals surface area contributed by atoms with E-state index >= 15 is 0 Å². The maximum absolute atomic E-state index is 11.4. The normalized spacial score (nSPS) is 20.7. The average molecular weight is 314 g/mol. The van der Waals surface area contributed by atoms with Gasteiger partial charge in [-0.05, 0) is 11.6 Å². The summed E-state index contributed by atoms with van der Waals surface area (Å²) in [6.07, 6.45) is -0.466. The zero-order chi connectivity index (χ0) is 13.0. The van der Waals surface area contributed by atoms with Crippen LogP contribution in [0.2, 0.25) is 0 Å². The fourth-order valence-electron chi connectivity index (χ4n) is 1.99. The number of nitrogens with zero attached hydrogens (tertiary/aromatic N) is 1. The molecule has 1 heterocycles. The van der Waals surface area contributed by atoms with E-state index in [2.05, 4.69) is 26.9 Å². The minimum absolute atomic E-state index is 0.299. The van der Waals surface area contributed by atoms with Gasteiger partial charge < -0.3 is 9.47 Å². The molecule has 1 aliphatic rings. The molecule has 98 valence electrons. The van der Waals surface area contributed by atoms with Gasteiger partial charge in [0.25, 0.3) is 0 Å². The number of esters is 1. The van der Waals surface area contributed by atoms with Crippen LogP contribution in [-0.2, 0) is 20.8 Å². The molecule has 0 radical (unpaired) electrons. The summed E-state index contributed by atoms with van der Waals surface area (Å²) >= 11 is 3.53. The molecule has 0 aliphatic carbocycles. The van der Waals surface area contributed by atoms with Gasteiger partial charge in [-0.3, -0.25) is 4.90 Å². The van der Waals surface area contributed by atoms with Crippen molar-refractivity contribution in [3.8, 4) is 0 Å². The van der Waals surface area contributed by atoms with E-state index in [1.54, 1.807) is 0 Å². The van der Waals surface area contributed by atoms with Gasteiger partial charge in [-0.15, -0.1) is 0 Å². The number of hydrogen-bond donors (Lipinski definition) is 0. The van der Waals surface area contributed by atoms with Crippen LogP contribution in [0.3, 0.4) is 0 Å². The molecular formula is C13H16BrNO3. The van der Waals surface area contributed by atoms with Gasteiger partial charge >= 0.3 is 5.97 Å². The van der Waals surface area contributed by atoms with Gasteiger partial charge in [0.1, 0.15) is 0 Å². The number of carbonyl (C=O) groups is 1. The monoisotopic (exact) mass is 313 g/mol. The molecule has 1 aliphatic heterocycles. The molecule has 1 fully saturated rings. The molecule has 0 aromatic heterocycles. The van der Waals surface area contributed by atoms with Crippen LogP contribution in [-0.4, -0.2) is 43.8 Å². The second-order valence-electron chi connectivity index (χ2n) is 4.21. The molecular weight excluding hydrogens is 298 g/mol. The summed E-state index contributed by atoms with van der Waals surface area (Å²) in [5.74, 6) is -0.299. The second kappa shape index (κ2) is 6.31. The molecule has 2 rings (SSSR count). The highest BCUT2D eigenvalue weighted by Crippen LogP contribution is 2.19. The summed E-state index contributed by atoms with van der Waals surface area (Å²) in [7, 11) is 1.39. The number of methoxy groups -OCH3 is 1. The van der Waals surface area contributed by atoms with Gasteiger partial charge in [-0.25, -0.2) is 4.79 Å². The van der Waals surface area contributed by atoms with Crippen LogP contribution in [0, 0.1) is 0 Å². The van der Waals surface area contributed by atoms with E-state index < -0.39 is 6.10 Å². The lowest BCUT2D eigenvalue weighted by Crippen LogP contribution is -2.46. The minimum atomic E-state index is -0.466. The Bertz CT molecular complexity index is 424. The lowest BCUT2D eigenvalue weighted by molar-refractivity contribution is -0.160. The van der Waals surface area contributed by atoms with Crippen LogP contribution in [0.5, 0.6) is 0 Å². The Morgan fingerprint density at radius 2 is 2.33 bits per heavy atom. The number of morpholine rings is 1. The van der Waals surface area contributed by atoms with Crippen molar-refractivity contribution >= 4 is 21.9 Å². The van der Waals surface area contributed by atoms with E-state index in [0.29, 0.717) is 13.2 Å². The predicted octanol–water partition coefficient (Wildman–Crippen LogP) is 1.82. The second-order valence-corrected chi connectivity index (χ2v) is 5.06. The first-order valence-corrected chi connectivity index (χ1v) is 6.65. The highest BCUT2D eigenvalue weighted by molar-refractivity contribution is 9.10. The quantitative estimate of drug-likeness (QED) is 0.798. The summed E-state index contributed by atoms with van der Waals surface area (Å²) in [5.41, 5.74) is 1.21. The molecule has 1 aromatic carbocycles. The van der Waals surface area contributed by atoms with Crippen molar-refractivity contribution in [2.24, 2.45) is 0 Å². The molecule has 5 heteroatoms. The largest absolute Gasteiger partial charge is 0.467 e. The number of rotatable bonds is 3. The SMILES string of the molecule is COC(=O)C1CN(Cc2ccccc2Br)CCO1. The number of hydrogen-bond acceptors (Lipinski definition) is 4. The predicted molar refractivity (Wildman–Crippen MR) is 71.2 cm³/mol. The Labute approximate surface area is 115 Å². The smallest absolute Gasteiger partial charge is 0.336 e. The Morgan fingerprint density at radius 3 is 3.06 bits per heavy atom. The van der Waals surface area contributed by atoms with Crippen LogP contribution in [0.1, 0.15) is 5.56 Å². The molecule has 0 spiro atoms. The Hall–Kier alpha value is -0.910. The van der Waals surface area contributed by atoms with E-state index in [9.17, 15) is 4.79 Å². The topological polar surface area (TPSA) is 38.8 Å². The van der Waals surface area contributed by atoms with Crippen LogP contribution in [0.25, 0.3) is 0 Å². The van der Waals surface area contributed by atoms with Crippen molar-refractivity contribution in [3.05, 3.63) is 34.3 Å². The van der Waals surface area contributed by atoms with Crippen LogP contribution in [0.4, 0.5) is 0 Å². The lowest BCUT2D eigenvalue weighted by atomic mass is 10.2. The number of halogens is 1. The van der Waals surface area contributed by atoms with Crippen LogP contribution < -0.4 is 0 Å². The molecule has 1 saturated heterocycles. The first kappa shape index (κ1) is 13.5. The number of carbonyl (C=O) groups excluding carboxylic acids is 1. The molecule has 4 nitrogen and oxygen atoms in total. The van der Waals surface area contributed by atoms with Gasteiger partial charge in [-0.1, -0.05) is 34.1 Å². The third-order valence-corrected chi connectivity index (χ3v) is 3.74. The van der Waals surface area contributed by atoms with E-state index in [0.717, 1.165) is 17.6 Å². The zero-order valence-electron chi connectivity index (χ0n) is 10.3. The van der Waals surface area contributed by atoms with Crippen molar-refractivity contribution in [3.63, 3.8) is 0 Å². The van der Waals surface area contributed by atoms with Gasteiger partial charge in [-0.2, -0.15) is 0 Å². The van der Waals surface area contributed by atoms with Crippen molar-refractivity contribution < 1.29 is 14.3 Å². The van der Waals surface area contributed by atoms with Gasteiger partial charge in [0.15, 0.2) is 6.10 Å². The Morgan fingerprint density at radius 1 is 1.56 bits per heavy atom.